The average molecular weight is 283 g/mol. The fourth-order valence-corrected chi connectivity index (χ4v) is 2.80. The highest BCUT2D eigenvalue weighted by Crippen LogP contribution is 2.30. The number of nitriles is 1. The fraction of sp³-hybridized carbons (Fsp3) is 0.0667. The standard InChI is InChI=1S/C15H10FN3S/c1-9-2-3-10(8-17)6-13(9)19-15-18-12-5-4-11(16)7-14(12)20-15/h2-7H,1H3,(H,18,19). The maximum atomic E-state index is 13.2. The summed E-state index contributed by atoms with van der Waals surface area (Å²) < 4.78 is 14.0. The van der Waals surface area contributed by atoms with Crippen LogP contribution in [-0.2, 0) is 0 Å². The van der Waals surface area contributed by atoms with Gasteiger partial charge in [0, 0.05) is 5.69 Å². The molecule has 1 N–H and O–H groups in total. The van der Waals surface area contributed by atoms with Crippen molar-refractivity contribution < 1.29 is 4.39 Å². The number of aromatic nitrogens is 1. The van der Waals surface area contributed by atoms with Crippen molar-refractivity contribution in [3.05, 3.63) is 53.3 Å². The summed E-state index contributed by atoms with van der Waals surface area (Å²) >= 11 is 1.38. The molecule has 0 unspecified atom stereocenters. The van der Waals surface area contributed by atoms with Crippen LogP contribution in [0.25, 0.3) is 10.2 Å². The molecule has 0 amide bonds. The van der Waals surface area contributed by atoms with Crippen LogP contribution in [0.15, 0.2) is 36.4 Å². The molecule has 3 nitrogen and oxygen atoms in total. The molecule has 0 atom stereocenters. The van der Waals surface area contributed by atoms with Crippen LogP contribution in [0, 0.1) is 24.1 Å². The Morgan fingerprint density at radius 3 is 2.90 bits per heavy atom. The van der Waals surface area contributed by atoms with E-state index in [0.717, 1.165) is 21.5 Å². The van der Waals surface area contributed by atoms with Crippen LogP contribution in [0.3, 0.4) is 0 Å². The van der Waals surface area contributed by atoms with Crippen molar-refractivity contribution in [3.63, 3.8) is 0 Å². The molecule has 2 aromatic carbocycles. The number of fused-ring (bicyclic) bond motifs is 1. The molecule has 0 fully saturated rings. The number of thiazole rings is 1. The Morgan fingerprint density at radius 2 is 2.10 bits per heavy atom. The van der Waals surface area contributed by atoms with Crippen molar-refractivity contribution in [2.45, 2.75) is 6.92 Å². The van der Waals surface area contributed by atoms with E-state index in [1.807, 2.05) is 13.0 Å². The van der Waals surface area contributed by atoms with E-state index in [9.17, 15) is 4.39 Å². The zero-order valence-electron chi connectivity index (χ0n) is 10.6. The summed E-state index contributed by atoms with van der Waals surface area (Å²) in [5.41, 5.74) is 3.20. The van der Waals surface area contributed by atoms with E-state index in [0.29, 0.717) is 10.7 Å². The van der Waals surface area contributed by atoms with E-state index in [1.165, 1.54) is 23.5 Å². The van der Waals surface area contributed by atoms with Crippen molar-refractivity contribution in [2.24, 2.45) is 0 Å². The van der Waals surface area contributed by atoms with Gasteiger partial charge in [-0.2, -0.15) is 5.26 Å². The molecule has 98 valence electrons. The molecule has 1 aromatic heterocycles. The summed E-state index contributed by atoms with van der Waals surface area (Å²) in [6.07, 6.45) is 0. The molecule has 0 aliphatic heterocycles. The lowest BCUT2D eigenvalue weighted by Crippen LogP contribution is -1.93. The Labute approximate surface area is 119 Å². The first kappa shape index (κ1) is 12.6. The second-order valence-electron chi connectivity index (χ2n) is 4.40. The van der Waals surface area contributed by atoms with Crippen molar-refractivity contribution in [3.8, 4) is 6.07 Å². The number of nitrogens with one attached hydrogen (secondary N) is 1. The van der Waals surface area contributed by atoms with Gasteiger partial charge >= 0.3 is 0 Å². The number of nitrogens with zero attached hydrogens (tertiary/aromatic N) is 2. The number of benzene rings is 2. The van der Waals surface area contributed by atoms with Gasteiger partial charge in [0.1, 0.15) is 5.82 Å². The minimum absolute atomic E-state index is 0.268. The maximum Gasteiger partial charge on any atom is 0.188 e. The number of aryl methyl sites for hydroxylation is 1. The quantitative estimate of drug-likeness (QED) is 0.760. The summed E-state index contributed by atoms with van der Waals surface area (Å²) in [6, 6.07) is 12.1. The van der Waals surface area contributed by atoms with Crippen molar-refractivity contribution in [2.75, 3.05) is 5.32 Å². The van der Waals surface area contributed by atoms with Gasteiger partial charge in [0.15, 0.2) is 5.13 Å². The molecule has 0 bridgehead atoms. The van der Waals surface area contributed by atoms with Crippen LogP contribution < -0.4 is 5.32 Å². The summed E-state index contributed by atoms with van der Waals surface area (Å²) in [6.45, 7) is 1.95. The molecule has 1 heterocycles. The maximum absolute atomic E-state index is 13.2. The van der Waals surface area contributed by atoms with Crippen LogP contribution in [-0.4, -0.2) is 4.98 Å². The molecule has 0 radical (unpaired) electrons. The van der Waals surface area contributed by atoms with Gasteiger partial charge in [-0.15, -0.1) is 0 Å². The number of anilines is 2. The average Bonchev–Trinajstić information content (AvgIpc) is 2.82. The zero-order valence-corrected chi connectivity index (χ0v) is 11.5. The van der Waals surface area contributed by atoms with Crippen LogP contribution in [0.1, 0.15) is 11.1 Å². The minimum Gasteiger partial charge on any atom is -0.331 e. The molecular formula is C15H10FN3S. The van der Waals surface area contributed by atoms with E-state index in [1.54, 1.807) is 18.2 Å². The normalized spacial score (nSPS) is 10.4. The molecule has 0 aliphatic rings. The Balaban J connectivity index is 1.99. The van der Waals surface area contributed by atoms with Crippen molar-refractivity contribution in [1.29, 1.82) is 5.26 Å². The van der Waals surface area contributed by atoms with Gasteiger partial charge in [0.2, 0.25) is 0 Å². The smallest absolute Gasteiger partial charge is 0.188 e. The number of hydrogen-bond acceptors (Lipinski definition) is 4. The third-order valence-electron chi connectivity index (χ3n) is 2.96. The monoisotopic (exact) mass is 283 g/mol. The number of halogens is 1. The zero-order chi connectivity index (χ0) is 14.1. The fourth-order valence-electron chi connectivity index (χ4n) is 1.89. The highest BCUT2D eigenvalue weighted by atomic mass is 32.1. The van der Waals surface area contributed by atoms with Crippen LogP contribution in [0.5, 0.6) is 0 Å². The van der Waals surface area contributed by atoms with Gasteiger partial charge in [0.05, 0.1) is 21.8 Å². The summed E-state index contributed by atoms with van der Waals surface area (Å²) in [7, 11) is 0. The largest absolute Gasteiger partial charge is 0.331 e. The SMILES string of the molecule is Cc1ccc(C#N)cc1Nc1nc2ccc(F)cc2s1. The highest BCUT2D eigenvalue weighted by molar-refractivity contribution is 7.22. The van der Waals surface area contributed by atoms with Crippen molar-refractivity contribution >= 4 is 32.4 Å². The Kier molecular flexibility index (Phi) is 3.09. The lowest BCUT2D eigenvalue weighted by Gasteiger charge is -2.06. The van der Waals surface area contributed by atoms with E-state index >= 15 is 0 Å². The lowest BCUT2D eigenvalue weighted by molar-refractivity contribution is 0.630. The van der Waals surface area contributed by atoms with E-state index in [4.69, 9.17) is 5.26 Å². The van der Waals surface area contributed by atoms with E-state index in [-0.39, 0.29) is 5.82 Å². The van der Waals surface area contributed by atoms with Crippen molar-refractivity contribution in [1.82, 2.24) is 4.98 Å². The molecule has 3 rings (SSSR count). The molecule has 0 saturated carbocycles. The number of rotatable bonds is 2. The first-order valence-electron chi connectivity index (χ1n) is 5.99. The van der Waals surface area contributed by atoms with Gasteiger partial charge in [-0.1, -0.05) is 17.4 Å². The summed E-state index contributed by atoms with van der Waals surface area (Å²) in [5.74, 6) is -0.268. The van der Waals surface area contributed by atoms with Crippen LogP contribution in [0.4, 0.5) is 15.2 Å². The summed E-state index contributed by atoms with van der Waals surface area (Å²) in [4.78, 5) is 4.40. The Hall–Kier alpha value is -2.45. The Morgan fingerprint density at radius 1 is 1.25 bits per heavy atom. The minimum atomic E-state index is -0.268. The topological polar surface area (TPSA) is 48.7 Å². The molecule has 5 heteroatoms. The Bertz CT molecular complexity index is 833. The predicted octanol–water partition coefficient (Wildman–Crippen LogP) is 4.36. The first-order valence-corrected chi connectivity index (χ1v) is 6.81. The van der Waals surface area contributed by atoms with Gasteiger partial charge in [-0.05, 0) is 42.8 Å². The second-order valence-corrected chi connectivity index (χ2v) is 5.43. The van der Waals surface area contributed by atoms with Crippen LogP contribution >= 0.6 is 11.3 Å². The van der Waals surface area contributed by atoms with E-state index < -0.39 is 0 Å². The number of hydrogen-bond donors (Lipinski definition) is 1. The third kappa shape index (κ3) is 2.33. The van der Waals surface area contributed by atoms with Gasteiger partial charge < -0.3 is 5.32 Å². The highest BCUT2D eigenvalue weighted by Gasteiger charge is 2.07. The summed E-state index contributed by atoms with van der Waals surface area (Å²) in [5, 5.41) is 12.8. The molecule has 0 aliphatic carbocycles. The van der Waals surface area contributed by atoms with Gasteiger partial charge in [0.25, 0.3) is 0 Å². The predicted molar refractivity (Wildman–Crippen MR) is 78.8 cm³/mol. The van der Waals surface area contributed by atoms with Gasteiger partial charge in [-0.3, -0.25) is 0 Å². The second kappa shape index (κ2) is 4.91. The lowest BCUT2D eigenvalue weighted by atomic mass is 10.1. The molecular weight excluding hydrogens is 273 g/mol. The van der Waals surface area contributed by atoms with Gasteiger partial charge in [-0.25, -0.2) is 9.37 Å². The molecule has 0 saturated heterocycles. The third-order valence-corrected chi connectivity index (χ3v) is 3.89. The van der Waals surface area contributed by atoms with E-state index in [2.05, 4.69) is 16.4 Å². The van der Waals surface area contributed by atoms with Crippen LogP contribution in [0.2, 0.25) is 0 Å². The first-order chi connectivity index (χ1) is 9.65. The molecule has 3 aromatic rings. The molecule has 0 spiro atoms. The molecule has 20 heavy (non-hydrogen) atoms.